The Morgan fingerprint density at radius 1 is 1.22 bits per heavy atom. The van der Waals surface area contributed by atoms with Crippen molar-refractivity contribution in [2.45, 2.75) is 40.2 Å². The van der Waals surface area contributed by atoms with Crippen LogP contribution in [0.1, 0.15) is 36.5 Å². The molecule has 0 unspecified atom stereocenters. The molecule has 0 atom stereocenters. The van der Waals surface area contributed by atoms with Gasteiger partial charge in [-0.25, -0.2) is 4.68 Å². The molecule has 96 valence electrons. The van der Waals surface area contributed by atoms with E-state index in [2.05, 4.69) is 30.0 Å². The first-order chi connectivity index (χ1) is 8.69. The van der Waals surface area contributed by atoms with Crippen LogP contribution in [-0.2, 0) is 19.4 Å². The maximum Gasteiger partial charge on any atom is 0.0737 e. The summed E-state index contributed by atoms with van der Waals surface area (Å²) in [4.78, 5) is 4.22. The Morgan fingerprint density at radius 3 is 2.61 bits per heavy atom. The molecule has 0 radical (unpaired) electrons. The second-order valence-electron chi connectivity index (χ2n) is 4.36. The van der Waals surface area contributed by atoms with Gasteiger partial charge in [0.1, 0.15) is 0 Å². The third-order valence-electron chi connectivity index (χ3n) is 3.06. The number of pyridine rings is 1. The van der Waals surface area contributed by atoms with Gasteiger partial charge in [0.2, 0.25) is 0 Å². The summed E-state index contributed by atoms with van der Waals surface area (Å²) in [5.74, 6) is 0. The summed E-state index contributed by atoms with van der Waals surface area (Å²) >= 11 is 0. The van der Waals surface area contributed by atoms with E-state index in [1.807, 2.05) is 17.7 Å². The lowest BCUT2D eigenvalue weighted by atomic mass is 10.2. The summed E-state index contributed by atoms with van der Waals surface area (Å²) < 4.78 is 1.93. The molecule has 0 aromatic carbocycles. The van der Waals surface area contributed by atoms with Crippen molar-refractivity contribution in [3.8, 4) is 5.69 Å². The highest BCUT2D eigenvalue weighted by Gasteiger charge is 2.11. The molecule has 0 aliphatic heterocycles. The normalized spacial score (nSPS) is 10.9. The van der Waals surface area contributed by atoms with Crippen LogP contribution in [0.15, 0.2) is 18.3 Å². The fourth-order valence-corrected chi connectivity index (χ4v) is 2.00. The molecule has 2 aromatic rings. The molecule has 18 heavy (non-hydrogen) atoms. The Kier molecular flexibility index (Phi) is 3.77. The van der Waals surface area contributed by atoms with Crippen LogP contribution in [0.25, 0.3) is 5.69 Å². The van der Waals surface area contributed by atoms with E-state index in [9.17, 15) is 5.11 Å². The summed E-state index contributed by atoms with van der Waals surface area (Å²) in [6, 6.07) is 4.09. The van der Waals surface area contributed by atoms with E-state index in [0.29, 0.717) is 0 Å². The Labute approximate surface area is 107 Å². The summed E-state index contributed by atoms with van der Waals surface area (Å²) in [5.41, 5.74) is 4.90. The van der Waals surface area contributed by atoms with Gasteiger partial charge in [-0.3, -0.25) is 4.98 Å². The summed E-state index contributed by atoms with van der Waals surface area (Å²) in [7, 11) is 0. The number of aliphatic hydroxyl groups excluding tert-OH is 1. The van der Waals surface area contributed by atoms with Crippen molar-refractivity contribution in [1.82, 2.24) is 14.8 Å². The molecule has 0 aliphatic carbocycles. The quantitative estimate of drug-likeness (QED) is 0.898. The lowest BCUT2D eigenvalue weighted by molar-refractivity contribution is 0.280. The van der Waals surface area contributed by atoms with Gasteiger partial charge in [0.05, 0.1) is 18.0 Å². The van der Waals surface area contributed by atoms with E-state index in [1.54, 1.807) is 6.20 Å². The number of nitrogens with zero attached hydrogens (tertiary/aromatic N) is 3. The summed E-state index contributed by atoms with van der Waals surface area (Å²) in [6.07, 6.45) is 3.55. The minimum absolute atomic E-state index is 0.0207. The Balaban J connectivity index is 2.59. The number of hydrogen-bond donors (Lipinski definition) is 1. The number of aromatic nitrogens is 3. The third kappa shape index (κ3) is 2.29. The molecule has 2 aromatic heterocycles. The molecule has 0 amide bonds. The van der Waals surface area contributed by atoms with Gasteiger partial charge >= 0.3 is 0 Å². The molecule has 0 saturated heterocycles. The molecule has 1 N–H and O–H groups in total. The lowest BCUT2D eigenvalue weighted by Gasteiger charge is -2.10. The second kappa shape index (κ2) is 5.31. The van der Waals surface area contributed by atoms with Crippen molar-refractivity contribution in [2.24, 2.45) is 0 Å². The molecule has 4 heteroatoms. The van der Waals surface area contributed by atoms with Gasteiger partial charge in [-0.1, -0.05) is 13.8 Å². The smallest absolute Gasteiger partial charge is 0.0737 e. The zero-order valence-corrected chi connectivity index (χ0v) is 11.1. The number of aliphatic hydroxyl groups is 1. The van der Waals surface area contributed by atoms with Gasteiger partial charge in [-0.05, 0) is 31.9 Å². The average Bonchev–Trinajstić information content (AvgIpc) is 2.81. The first-order valence-electron chi connectivity index (χ1n) is 6.34. The van der Waals surface area contributed by atoms with Gasteiger partial charge in [0.15, 0.2) is 0 Å². The number of hydrogen-bond acceptors (Lipinski definition) is 3. The van der Waals surface area contributed by atoms with Crippen molar-refractivity contribution in [3.05, 3.63) is 41.0 Å². The first kappa shape index (κ1) is 12.8. The Bertz CT molecular complexity index is 546. The molecular formula is C14H19N3O. The minimum atomic E-state index is -0.0207. The molecular weight excluding hydrogens is 226 g/mol. The first-order valence-corrected chi connectivity index (χ1v) is 6.34. The largest absolute Gasteiger partial charge is 0.392 e. The highest BCUT2D eigenvalue weighted by molar-refractivity contribution is 5.41. The van der Waals surface area contributed by atoms with Crippen molar-refractivity contribution in [3.63, 3.8) is 0 Å². The van der Waals surface area contributed by atoms with Crippen molar-refractivity contribution in [1.29, 1.82) is 0 Å². The number of rotatable bonds is 4. The van der Waals surface area contributed by atoms with Crippen LogP contribution in [-0.4, -0.2) is 19.9 Å². The Morgan fingerprint density at radius 2 is 2.00 bits per heavy atom. The van der Waals surface area contributed by atoms with Crippen LogP contribution in [0, 0.1) is 6.92 Å². The van der Waals surface area contributed by atoms with E-state index < -0.39 is 0 Å². The van der Waals surface area contributed by atoms with Gasteiger partial charge in [-0.2, -0.15) is 5.10 Å². The van der Waals surface area contributed by atoms with Crippen LogP contribution in [0.4, 0.5) is 0 Å². The van der Waals surface area contributed by atoms with Crippen LogP contribution < -0.4 is 0 Å². The number of aryl methyl sites for hydroxylation is 3. The molecule has 4 nitrogen and oxygen atoms in total. The minimum Gasteiger partial charge on any atom is -0.392 e. The van der Waals surface area contributed by atoms with Crippen LogP contribution in [0.3, 0.4) is 0 Å². The maximum atomic E-state index is 9.42. The van der Waals surface area contributed by atoms with Crippen molar-refractivity contribution < 1.29 is 5.11 Å². The van der Waals surface area contributed by atoms with Crippen LogP contribution in [0.2, 0.25) is 0 Å². The molecule has 0 spiro atoms. The molecule has 0 bridgehead atoms. The second-order valence-corrected chi connectivity index (χ2v) is 4.36. The summed E-state index contributed by atoms with van der Waals surface area (Å²) in [5, 5.41) is 14.0. The lowest BCUT2D eigenvalue weighted by Crippen LogP contribution is -2.06. The van der Waals surface area contributed by atoms with E-state index in [4.69, 9.17) is 0 Å². The fraction of sp³-hybridized carbons (Fsp3) is 0.429. The summed E-state index contributed by atoms with van der Waals surface area (Å²) in [6.45, 7) is 6.13. The van der Waals surface area contributed by atoms with E-state index in [-0.39, 0.29) is 6.61 Å². The van der Waals surface area contributed by atoms with Gasteiger partial charge in [0.25, 0.3) is 0 Å². The van der Waals surface area contributed by atoms with E-state index in [1.165, 1.54) is 0 Å². The highest BCUT2D eigenvalue weighted by atomic mass is 16.3. The monoisotopic (exact) mass is 245 g/mol. The van der Waals surface area contributed by atoms with Crippen molar-refractivity contribution >= 4 is 0 Å². The third-order valence-corrected chi connectivity index (χ3v) is 3.06. The van der Waals surface area contributed by atoms with Gasteiger partial charge in [-0.15, -0.1) is 0 Å². The molecule has 2 rings (SSSR count). The highest BCUT2D eigenvalue weighted by Crippen LogP contribution is 2.18. The SMILES string of the molecule is CCc1cc(CC)n(-c2cc(C)ncc2CO)n1. The maximum absolute atomic E-state index is 9.42. The predicted octanol–water partition coefficient (Wildman–Crippen LogP) is 2.19. The van der Waals surface area contributed by atoms with Crippen LogP contribution >= 0.6 is 0 Å². The fourth-order valence-electron chi connectivity index (χ4n) is 2.00. The van der Waals surface area contributed by atoms with E-state index in [0.717, 1.165) is 41.2 Å². The zero-order valence-electron chi connectivity index (χ0n) is 11.1. The van der Waals surface area contributed by atoms with Crippen LogP contribution in [0.5, 0.6) is 0 Å². The molecule has 2 heterocycles. The van der Waals surface area contributed by atoms with Gasteiger partial charge < -0.3 is 5.11 Å². The predicted molar refractivity (Wildman–Crippen MR) is 70.8 cm³/mol. The zero-order chi connectivity index (χ0) is 13.1. The topological polar surface area (TPSA) is 50.9 Å². The van der Waals surface area contributed by atoms with Gasteiger partial charge in [0, 0.05) is 23.1 Å². The van der Waals surface area contributed by atoms with E-state index >= 15 is 0 Å². The molecule has 0 saturated carbocycles. The molecule has 0 fully saturated rings. The molecule has 0 aliphatic rings. The standard InChI is InChI=1S/C14H19N3O/c1-4-12-7-13(5-2)17(16-12)14-6-10(3)15-8-11(14)9-18/h6-8,18H,4-5,9H2,1-3H3. The average molecular weight is 245 g/mol. The van der Waals surface area contributed by atoms with Crippen molar-refractivity contribution in [2.75, 3.05) is 0 Å². The Hall–Kier alpha value is -1.68.